The van der Waals surface area contributed by atoms with E-state index in [-0.39, 0.29) is 6.54 Å². The predicted octanol–water partition coefficient (Wildman–Crippen LogP) is 2.69. The molecule has 0 saturated carbocycles. The monoisotopic (exact) mass is 282 g/mol. The molecule has 0 saturated heterocycles. The fraction of sp³-hybridized carbons (Fsp3) is 0.571. The molecule has 0 bridgehead atoms. The van der Waals surface area contributed by atoms with Gasteiger partial charge in [0.25, 0.3) is 0 Å². The Morgan fingerprint density at radius 3 is 2.35 bits per heavy atom. The Kier molecular flexibility index (Phi) is 4.81. The zero-order valence-corrected chi connectivity index (χ0v) is 12.9. The number of ether oxygens (including phenoxy) is 2. The van der Waals surface area contributed by atoms with Crippen LogP contribution in [0.4, 0.5) is 4.79 Å². The molecule has 1 rings (SSSR count). The lowest BCUT2D eigenvalue weighted by molar-refractivity contribution is 0.0943. The molecule has 0 radical (unpaired) electrons. The number of hydrogen-bond acceptors (Lipinski definition) is 4. The third-order valence-corrected chi connectivity index (χ3v) is 2.94. The smallest absolute Gasteiger partial charge is 0.408 e. The average molecular weight is 282 g/mol. The Morgan fingerprint density at radius 1 is 1.35 bits per heavy atom. The van der Waals surface area contributed by atoms with Crippen LogP contribution >= 0.6 is 0 Å². The maximum absolute atomic E-state index is 11.4. The van der Waals surface area contributed by atoms with Crippen molar-refractivity contribution in [2.24, 2.45) is 0 Å². The number of aromatic nitrogens is 1. The van der Waals surface area contributed by atoms with E-state index in [2.05, 4.69) is 4.98 Å². The highest BCUT2D eigenvalue weighted by Crippen LogP contribution is 2.31. The maximum Gasteiger partial charge on any atom is 0.408 e. The molecule has 1 aromatic heterocycles. The van der Waals surface area contributed by atoms with Gasteiger partial charge in [0, 0.05) is 17.3 Å². The molecule has 6 nitrogen and oxygen atoms in total. The SMILES string of the molecule is COc1cc(C)nc(OC)c1CN(C(=O)O)C(C)(C)C. The fourth-order valence-electron chi connectivity index (χ4n) is 1.89. The normalized spacial score (nSPS) is 11.1. The summed E-state index contributed by atoms with van der Waals surface area (Å²) in [4.78, 5) is 17.0. The molecule has 1 N–H and O–H groups in total. The number of pyridine rings is 1. The predicted molar refractivity (Wildman–Crippen MR) is 75.4 cm³/mol. The number of aryl methyl sites for hydroxylation is 1. The Labute approximate surface area is 119 Å². The van der Waals surface area contributed by atoms with Crippen LogP contribution in [0.5, 0.6) is 11.6 Å². The van der Waals surface area contributed by atoms with Crippen LogP contribution in [0, 0.1) is 6.92 Å². The van der Waals surface area contributed by atoms with E-state index in [4.69, 9.17) is 9.47 Å². The van der Waals surface area contributed by atoms with E-state index in [1.165, 1.54) is 12.0 Å². The van der Waals surface area contributed by atoms with Gasteiger partial charge in [0.05, 0.1) is 26.3 Å². The number of nitrogens with zero attached hydrogens (tertiary/aromatic N) is 2. The minimum atomic E-state index is -0.998. The Hall–Kier alpha value is -1.98. The summed E-state index contributed by atoms with van der Waals surface area (Å²) in [6.45, 7) is 7.48. The van der Waals surface area contributed by atoms with Crippen molar-refractivity contribution in [2.75, 3.05) is 14.2 Å². The zero-order chi connectivity index (χ0) is 15.5. The van der Waals surface area contributed by atoms with Gasteiger partial charge in [-0.1, -0.05) is 0 Å². The number of hydrogen-bond donors (Lipinski definition) is 1. The lowest BCUT2D eigenvalue weighted by Crippen LogP contribution is -2.44. The number of rotatable bonds is 4. The molecule has 112 valence electrons. The van der Waals surface area contributed by atoms with Crippen molar-refractivity contribution in [3.63, 3.8) is 0 Å². The van der Waals surface area contributed by atoms with Gasteiger partial charge >= 0.3 is 6.09 Å². The lowest BCUT2D eigenvalue weighted by Gasteiger charge is -2.33. The number of amides is 1. The maximum atomic E-state index is 11.4. The van der Waals surface area contributed by atoms with Gasteiger partial charge in [-0.3, -0.25) is 4.90 Å². The van der Waals surface area contributed by atoms with Crippen molar-refractivity contribution in [3.05, 3.63) is 17.3 Å². The molecule has 20 heavy (non-hydrogen) atoms. The van der Waals surface area contributed by atoms with Crippen molar-refractivity contribution in [1.29, 1.82) is 0 Å². The molecule has 1 aromatic rings. The average Bonchev–Trinajstić information content (AvgIpc) is 2.33. The van der Waals surface area contributed by atoms with Crippen LogP contribution in [0.15, 0.2) is 6.07 Å². The van der Waals surface area contributed by atoms with Crippen LogP contribution < -0.4 is 9.47 Å². The quantitative estimate of drug-likeness (QED) is 0.919. The third kappa shape index (κ3) is 3.53. The Balaban J connectivity index is 3.28. The van der Waals surface area contributed by atoms with E-state index in [0.29, 0.717) is 17.2 Å². The van der Waals surface area contributed by atoms with Crippen LogP contribution in [0.2, 0.25) is 0 Å². The van der Waals surface area contributed by atoms with Crippen molar-refractivity contribution >= 4 is 6.09 Å². The Morgan fingerprint density at radius 2 is 1.95 bits per heavy atom. The second-order valence-corrected chi connectivity index (χ2v) is 5.49. The summed E-state index contributed by atoms with van der Waals surface area (Å²) < 4.78 is 10.6. The summed E-state index contributed by atoms with van der Waals surface area (Å²) in [5.74, 6) is 0.960. The highest BCUT2D eigenvalue weighted by Gasteiger charge is 2.29. The summed E-state index contributed by atoms with van der Waals surface area (Å²) in [6.07, 6.45) is -0.998. The van der Waals surface area contributed by atoms with E-state index in [1.807, 2.05) is 27.7 Å². The first-order valence-electron chi connectivity index (χ1n) is 6.29. The number of carboxylic acid groups (broad SMARTS) is 1. The van der Waals surface area contributed by atoms with E-state index >= 15 is 0 Å². The van der Waals surface area contributed by atoms with Crippen LogP contribution in [0.25, 0.3) is 0 Å². The molecule has 0 fully saturated rings. The summed E-state index contributed by atoms with van der Waals surface area (Å²) >= 11 is 0. The van der Waals surface area contributed by atoms with Crippen LogP contribution in [-0.4, -0.2) is 40.8 Å². The molecule has 0 spiro atoms. The largest absolute Gasteiger partial charge is 0.496 e. The van der Waals surface area contributed by atoms with Gasteiger partial charge in [-0.15, -0.1) is 0 Å². The second-order valence-electron chi connectivity index (χ2n) is 5.49. The molecule has 0 aliphatic carbocycles. The summed E-state index contributed by atoms with van der Waals surface area (Å²) in [5.41, 5.74) is 0.838. The summed E-state index contributed by atoms with van der Waals surface area (Å²) in [6, 6.07) is 1.76. The molecule has 0 aromatic carbocycles. The van der Waals surface area contributed by atoms with Crippen LogP contribution in [0.1, 0.15) is 32.0 Å². The van der Waals surface area contributed by atoms with Crippen molar-refractivity contribution in [1.82, 2.24) is 9.88 Å². The minimum absolute atomic E-state index is 0.151. The first-order valence-corrected chi connectivity index (χ1v) is 6.29. The molecular formula is C14H22N2O4. The molecular weight excluding hydrogens is 260 g/mol. The van der Waals surface area contributed by atoms with Gasteiger partial charge in [0.2, 0.25) is 5.88 Å². The minimum Gasteiger partial charge on any atom is -0.496 e. The first kappa shape index (κ1) is 16.1. The number of carbonyl (C=O) groups is 1. The summed E-state index contributed by atoms with van der Waals surface area (Å²) in [7, 11) is 3.05. The van der Waals surface area contributed by atoms with Crippen LogP contribution in [-0.2, 0) is 6.54 Å². The molecule has 0 aliphatic heterocycles. The Bertz CT molecular complexity index is 469. The second kappa shape index (κ2) is 5.98. The van der Waals surface area contributed by atoms with Crippen molar-refractivity contribution < 1.29 is 19.4 Å². The molecule has 1 amide bonds. The zero-order valence-electron chi connectivity index (χ0n) is 12.9. The summed E-state index contributed by atoms with van der Waals surface area (Å²) in [5, 5.41) is 9.38. The van der Waals surface area contributed by atoms with E-state index in [9.17, 15) is 9.90 Å². The van der Waals surface area contributed by atoms with Gasteiger partial charge in [-0.2, -0.15) is 0 Å². The van der Waals surface area contributed by atoms with Gasteiger partial charge in [-0.05, 0) is 27.7 Å². The molecule has 0 atom stereocenters. The van der Waals surface area contributed by atoms with Gasteiger partial charge < -0.3 is 14.6 Å². The molecule has 1 heterocycles. The van der Waals surface area contributed by atoms with Crippen molar-refractivity contribution in [3.8, 4) is 11.6 Å². The topological polar surface area (TPSA) is 71.9 Å². The third-order valence-electron chi connectivity index (χ3n) is 2.94. The van der Waals surface area contributed by atoms with Gasteiger partial charge in [0.15, 0.2) is 0 Å². The molecule has 0 unspecified atom stereocenters. The highest BCUT2D eigenvalue weighted by atomic mass is 16.5. The highest BCUT2D eigenvalue weighted by molar-refractivity contribution is 5.66. The van der Waals surface area contributed by atoms with E-state index < -0.39 is 11.6 Å². The fourth-order valence-corrected chi connectivity index (χ4v) is 1.89. The van der Waals surface area contributed by atoms with Gasteiger partial charge in [0.1, 0.15) is 5.75 Å². The van der Waals surface area contributed by atoms with Crippen LogP contribution in [0.3, 0.4) is 0 Å². The molecule has 6 heteroatoms. The number of methoxy groups -OCH3 is 2. The van der Waals surface area contributed by atoms with Gasteiger partial charge in [-0.25, -0.2) is 9.78 Å². The lowest BCUT2D eigenvalue weighted by atomic mass is 10.1. The van der Waals surface area contributed by atoms with Crippen molar-refractivity contribution in [2.45, 2.75) is 39.8 Å². The first-order chi connectivity index (χ1) is 9.20. The van der Waals surface area contributed by atoms with E-state index in [0.717, 1.165) is 5.69 Å². The standard InChI is InChI=1S/C14H22N2O4/c1-9-7-11(19-5)10(12(15-9)20-6)8-16(13(17)18)14(2,3)4/h7H,8H2,1-6H3,(H,17,18). The van der Waals surface area contributed by atoms with E-state index in [1.54, 1.807) is 13.2 Å². The molecule has 0 aliphatic rings.